The van der Waals surface area contributed by atoms with Crippen molar-refractivity contribution in [1.82, 2.24) is 0 Å². The molecule has 0 aromatic rings. The Morgan fingerprint density at radius 2 is 1.46 bits per heavy atom. The van der Waals surface area contributed by atoms with Gasteiger partial charge < -0.3 is 70.0 Å². The number of Topliss-reactive ketones (excluding diaryl/α,β-unsaturated/α-hetero) is 1. The van der Waals surface area contributed by atoms with Gasteiger partial charge in [-0.05, 0) is 99.2 Å². The van der Waals surface area contributed by atoms with Gasteiger partial charge in [0.15, 0.2) is 18.4 Å². The number of hydrogen-bond acceptors (Lipinski definition) is 15. The molecule has 2 aliphatic heterocycles. The average Bonchev–Trinajstić information content (AvgIpc) is 3.50. The van der Waals surface area contributed by atoms with Gasteiger partial charge in [0.25, 0.3) is 0 Å². The highest BCUT2D eigenvalue weighted by Crippen LogP contribution is 2.65. The minimum atomic E-state index is -1.66. The summed E-state index contributed by atoms with van der Waals surface area (Å²) in [5.74, 6) is -2.49. The van der Waals surface area contributed by atoms with Crippen LogP contribution in [0.4, 0.5) is 0 Å². The second-order valence-electron chi connectivity index (χ2n) is 18.7. The van der Waals surface area contributed by atoms with Crippen LogP contribution in [0.1, 0.15) is 98.8 Å². The van der Waals surface area contributed by atoms with E-state index in [1.165, 1.54) is 0 Å². The van der Waals surface area contributed by atoms with E-state index in [1.54, 1.807) is 20.8 Å². The summed E-state index contributed by atoms with van der Waals surface area (Å²) in [6, 6.07) is 0. The molecule has 0 spiro atoms. The van der Waals surface area contributed by atoms with Gasteiger partial charge in [-0.25, -0.2) is 0 Å². The van der Waals surface area contributed by atoms with E-state index in [4.69, 9.17) is 18.9 Å². The molecule has 2 heterocycles. The number of ketones is 1. The number of rotatable bonds is 13. The highest BCUT2D eigenvalue weighted by atomic mass is 16.7. The molecule has 0 aromatic carbocycles. The third kappa shape index (κ3) is 7.90. The molecule has 6 aliphatic rings. The van der Waals surface area contributed by atoms with Crippen LogP contribution in [0.2, 0.25) is 0 Å². The zero-order chi connectivity index (χ0) is 41.9. The van der Waals surface area contributed by atoms with Gasteiger partial charge in [-0.2, -0.15) is 0 Å². The number of carbonyl (C=O) groups is 2. The summed E-state index contributed by atoms with van der Waals surface area (Å²) in [5, 5.41) is 104. The van der Waals surface area contributed by atoms with Crippen molar-refractivity contribution in [2.75, 3.05) is 13.2 Å². The van der Waals surface area contributed by atoms with E-state index >= 15 is 0 Å². The van der Waals surface area contributed by atoms with Crippen LogP contribution >= 0.6 is 0 Å². The maximum Gasteiger partial charge on any atom is 0.306 e. The van der Waals surface area contributed by atoms with Gasteiger partial charge in [0.05, 0.1) is 36.9 Å². The first-order chi connectivity index (χ1) is 26.7. The summed E-state index contributed by atoms with van der Waals surface area (Å²) in [6.45, 7) is 8.12. The molecule has 6 rings (SSSR count). The molecule has 57 heavy (non-hydrogen) atoms. The molecular weight excluding hydrogens is 748 g/mol. The van der Waals surface area contributed by atoms with E-state index in [0.717, 1.165) is 24.0 Å². The van der Waals surface area contributed by atoms with Crippen LogP contribution in [0.3, 0.4) is 0 Å². The maximum atomic E-state index is 14.4. The molecule has 326 valence electrons. The lowest BCUT2D eigenvalue weighted by Crippen LogP contribution is -2.61. The first kappa shape index (κ1) is 44.9. The van der Waals surface area contributed by atoms with Gasteiger partial charge in [0.2, 0.25) is 0 Å². The summed E-state index contributed by atoms with van der Waals surface area (Å²) in [7, 11) is 0. The van der Waals surface area contributed by atoms with Crippen molar-refractivity contribution in [2.24, 2.45) is 40.4 Å². The Kier molecular flexibility index (Phi) is 13.4. The molecule has 2 saturated heterocycles. The quantitative estimate of drug-likeness (QED) is 0.119. The number of fused-ring (bicyclic) bond motifs is 4. The molecule has 0 radical (unpaired) electrons. The monoisotopic (exact) mass is 814 g/mol. The Morgan fingerprint density at radius 1 is 0.860 bits per heavy atom. The van der Waals surface area contributed by atoms with E-state index in [9.17, 15) is 60.7 Å². The Bertz CT molecular complexity index is 1490. The van der Waals surface area contributed by atoms with Crippen molar-refractivity contribution in [3.63, 3.8) is 0 Å². The van der Waals surface area contributed by atoms with Crippen LogP contribution in [0.15, 0.2) is 11.1 Å². The van der Waals surface area contributed by atoms with Gasteiger partial charge >= 0.3 is 5.97 Å². The van der Waals surface area contributed by atoms with Crippen molar-refractivity contribution in [2.45, 2.75) is 178 Å². The Hall–Kier alpha value is -1.64. The van der Waals surface area contributed by atoms with Gasteiger partial charge in [0, 0.05) is 12.0 Å². The SMILES string of the molecule is CC(C)[C@](O)(CC[C@@H](C(=O)O)[C@H]1CC[C@H]2C3=C(C(=O)C[C@]12C)[C@@]1(C)CC[C@H](O[C@@H]2O[C@H](CO)[C@@H](O)[C@H](O)[C@H]2O)CC1CC3)[C@H](C)O[C@@H]1O[C@H](CO)[C@@H](O)[C@H](O)[C@H]1O. The van der Waals surface area contributed by atoms with E-state index in [0.29, 0.717) is 32.1 Å². The highest BCUT2D eigenvalue weighted by Gasteiger charge is 2.60. The van der Waals surface area contributed by atoms with E-state index < -0.39 is 115 Å². The molecule has 1 unspecified atom stereocenters. The van der Waals surface area contributed by atoms with Gasteiger partial charge in [-0.1, -0.05) is 33.3 Å². The second kappa shape index (κ2) is 17.0. The zero-order valence-electron chi connectivity index (χ0n) is 33.7. The Morgan fingerprint density at radius 3 is 2.04 bits per heavy atom. The lowest BCUT2D eigenvalue weighted by Gasteiger charge is -2.54. The number of carboxylic acids is 1. The molecule has 0 amide bonds. The number of aliphatic hydroxyl groups is 9. The van der Waals surface area contributed by atoms with E-state index in [2.05, 4.69) is 6.92 Å². The first-order valence-corrected chi connectivity index (χ1v) is 20.9. The fraction of sp³-hybridized carbons (Fsp3) is 0.902. The van der Waals surface area contributed by atoms with Gasteiger partial charge in [0.1, 0.15) is 48.8 Å². The number of ether oxygens (including phenoxy) is 4. The number of carboxylic acid groups (broad SMARTS) is 1. The van der Waals surface area contributed by atoms with Crippen LogP contribution in [0.25, 0.3) is 0 Å². The topological polar surface area (TPSA) is 273 Å². The number of aliphatic carboxylic acids is 1. The first-order valence-electron chi connectivity index (χ1n) is 20.9. The molecule has 0 bridgehead atoms. The molecule has 16 heteroatoms. The lowest BCUT2D eigenvalue weighted by molar-refractivity contribution is -0.324. The van der Waals surface area contributed by atoms with Crippen LogP contribution in [0.5, 0.6) is 0 Å². The minimum absolute atomic E-state index is 0.0193. The fourth-order valence-electron chi connectivity index (χ4n) is 11.8. The predicted octanol–water partition coefficient (Wildman–Crippen LogP) is 0.147. The summed E-state index contributed by atoms with van der Waals surface area (Å²) in [6.07, 6.45) is -10.7. The molecule has 2 saturated carbocycles. The third-order valence-electron chi connectivity index (χ3n) is 15.5. The summed E-state index contributed by atoms with van der Waals surface area (Å²) in [4.78, 5) is 27.6. The Labute approximate surface area is 333 Å². The fourth-order valence-corrected chi connectivity index (χ4v) is 11.8. The van der Waals surface area contributed by atoms with Crippen molar-refractivity contribution < 1.29 is 79.6 Å². The van der Waals surface area contributed by atoms with Gasteiger partial charge in [-0.15, -0.1) is 0 Å². The number of allylic oxidation sites excluding steroid dienone is 2. The van der Waals surface area contributed by atoms with Crippen molar-refractivity contribution in [3.05, 3.63) is 11.1 Å². The highest BCUT2D eigenvalue weighted by molar-refractivity contribution is 5.99. The Balaban J connectivity index is 1.15. The van der Waals surface area contributed by atoms with Crippen molar-refractivity contribution in [3.8, 4) is 0 Å². The number of aliphatic hydroxyl groups excluding tert-OH is 8. The predicted molar refractivity (Wildman–Crippen MR) is 199 cm³/mol. The molecular formula is C41H66O16. The zero-order valence-corrected chi connectivity index (χ0v) is 33.7. The summed E-state index contributed by atoms with van der Waals surface area (Å²) < 4.78 is 23.2. The largest absolute Gasteiger partial charge is 0.481 e. The number of carbonyl (C=O) groups excluding carboxylic acids is 1. The molecule has 4 aliphatic carbocycles. The molecule has 16 nitrogen and oxygen atoms in total. The van der Waals surface area contributed by atoms with Gasteiger partial charge in [-0.3, -0.25) is 9.59 Å². The standard InChI is InChI=1S/C41H66O16/c1-18(2)41(53,19(3)54-37-34(49)32(47)30(45)27(16-42)56-37)13-11-23(36(51)52)25-9-8-24-22-7-6-20-14-21(55-38-35(50)33(48)31(46)28(17-43)57-38)10-12-39(20,4)29(22)26(44)15-40(24,25)5/h18-21,23-25,27-28,30-35,37-38,42-43,45-50,53H,6-17H2,1-5H3,(H,51,52)/t19-,20?,21-,23+,24-,25+,27+,28+,30+,31+,32-,33-,34+,35+,37+,38+,39-,40-,41+/m0/s1. The van der Waals surface area contributed by atoms with Crippen LogP contribution in [-0.4, -0.2) is 155 Å². The van der Waals surface area contributed by atoms with Crippen LogP contribution in [-0.2, 0) is 28.5 Å². The average molecular weight is 815 g/mol. The molecule has 10 N–H and O–H groups in total. The van der Waals surface area contributed by atoms with Crippen LogP contribution < -0.4 is 0 Å². The lowest BCUT2D eigenvalue weighted by atomic mass is 9.50. The van der Waals surface area contributed by atoms with Crippen molar-refractivity contribution in [1.29, 1.82) is 0 Å². The van der Waals surface area contributed by atoms with E-state index in [-0.39, 0.29) is 48.9 Å². The number of hydrogen-bond donors (Lipinski definition) is 10. The van der Waals surface area contributed by atoms with E-state index in [1.807, 2.05) is 6.92 Å². The smallest absolute Gasteiger partial charge is 0.306 e. The third-order valence-corrected chi connectivity index (χ3v) is 15.5. The van der Waals surface area contributed by atoms with Crippen molar-refractivity contribution >= 4 is 11.8 Å². The minimum Gasteiger partial charge on any atom is -0.481 e. The normalized spacial score (nSPS) is 45.8. The second-order valence-corrected chi connectivity index (χ2v) is 18.7. The molecule has 0 aromatic heterocycles. The summed E-state index contributed by atoms with van der Waals surface area (Å²) in [5.41, 5.74) is -0.626. The summed E-state index contributed by atoms with van der Waals surface area (Å²) >= 11 is 0. The molecule has 4 fully saturated rings. The maximum absolute atomic E-state index is 14.4. The molecule has 19 atom stereocenters. The van der Waals surface area contributed by atoms with Crippen LogP contribution in [0, 0.1) is 40.4 Å².